The zero-order valence-corrected chi connectivity index (χ0v) is 13.5. The highest BCUT2D eigenvalue weighted by Gasteiger charge is 2.51. The zero-order chi connectivity index (χ0) is 17.8. The lowest BCUT2D eigenvalue weighted by atomic mass is 9.85. The second-order valence-corrected chi connectivity index (χ2v) is 6.51. The van der Waals surface area contributed by atoms with Crippen molar-refractivity contribution in [2.45, 2.75) is 42.7 Å². The molecule has 1 rings (SSSR count). The van der Waals surface area contributed by atoms with Gasteiger partial charge in [-0.05, 0) is 0 Å². The molecule has 23 heavy (non-hydrogen) atoms. The number of phosphoric acid groups is 1. The summed E-state index contributed by atoms with van der Waals surface area (Å²) in [7, 11) is -2.03. The Labute approximate surface area is 132 Å². The number of rotatable bonds is 8. The van der Waals surface area contributed by atoms with E-state index in [9.17, 15) is 35.0 Å². The van der Waals surface area contributed by atoms with Gasteiger partial charge in [0.2, 0.25) is 0 Å². The quantitative estimate of drug-likeness (QED) is 0.242. The van der Waals surface area contributed by atoms with Crippen LogP contribution in [-0.2, 0) is 23.1 Å². The van der Waals surface area contributed by atoms with Crippen LogP contribution in [0, 0.1) is 0 Å². The molecule has 11 nitrogen and oxygen atoms in total. The summed E-state index contributed by atoms with van der Waals surface area (Å²) in [5.41, 5.74) is 0. The average molecular weight is 362 g/mol. The maximum atomic E-state index is 11.9. The average Bonchev–Trinajstić information content (AvgIpc) is 2.51. The molecule has 3 unspecified atom stereocenters. The van der Waals surface area contributed by atoms with E-state index in [2.05, 4.69) is 9.05 Å². The maximum absolute atomic E-state index is 11.9. The van der Waals surface area contributed by atoms with E-state index in [0.29, 0.717) is 0 Å². The minimum atomic E-state index is -4.76. The van der Waals surface area contributed by atoms with Gasteiger partial charge in [0.15, 0.2) is 0 Å². The maximum Gasteiger partial charge on any atom is 0.472 e. The SMILES string of the molecule is COC[C@H](COP(=O)(O)OC1[C@H](O)[C@H](O)C(O)[C@H](O)[C@H]1O)OC. The predicted octanol–water partition coefficient (Wildman–Crippen LogP) is -3.03. The molecule has 1 aliphatic rings. The molecule has 0 aliphatic heterocycles. The molecule has 1 fully saturated rings. The third-order valence-corrected chi connectivity index (χ3v) is 4.42. The Morgan fingerprint density at radius 2 is 1.39 bits per heavy atom. The fourth-order valence-corrected chi connectivity index (χ4v) is 3.03. The highest BCUT2D eigenvalue weighted by atomic mass is 31.2. The van der Waals surface area contributed by atoms with Crippen molar-refractivity contribution in [1.82, 2.24) is 0 Å². The van der Waals surface area contributed by atoms with Crippen LogP contribution in [0.25, 0.3) is 0 Å². The molecular weight excluding hydrogens is 339 g/mol. The Balaban J connectivity index is 2.69. The number of hydrogen-bond acceptors (Lipinski definition) is 10. The van der Waals surface area contributed by atoms with E-state index < -0.39 is 50.6 Å². The molecule has 12 heteroatoms. The van der Waals surface area contributed by atoms with Gasteiger partial charge in [0.1, 0.15) is 42.7 Å². The summed E-state index contributed by atoms with van der Waals surface area (Å²) in [6.45, 7) is -0.306. The lowest BCUT2D eigenvalue weighted by Gasteiger charge is -2.41. The van der Waals surface area contributed by atoms with Crippen LogP contribution < -0.4 is 0 Å². The summed E-state index contributed by atoms with van der Waals surface area (Å²) in [5.74, 6) is 0. The first-order chi connectivity index (χ1) is 10.6. The van der Waals surface area contributed by atoms with Gasteiger partial charge in [-0.1, -0.05) is 0 Å². The molecule has 1 saturated carbocycles. The second kappa shape index (κ2) is 8.79. The fourth-order valence-electron chi connectivity index (χ4n) is 2.05. The van der Waals surface area contributed by atoms with Crippen molar-refractivity contribution in [3.8, 4) is 0 Å². The lowest BCUT2D eigenvalue weighted by molar-refractivity contribution is -0.220. The smallest absolute Gasteiger partial charge is 0.387 e. The van der Waals surface area contributed by atoms with Crippen LogP contribution in [-0.4, -0.2) is 101 Å². The van der Waals surface area contributed by atoms with E-state index >= 15 is 0 Å². The van der Waals surface area contributed by atoms with Crippen LogP contribution in [0.3, 0.4) is 0 Å². The first-order valence-electron chi connectivity index (χ1n) is 6.72. The Morgan fingerprint density at radius 1 is 0.913 bits per heavy atom. The van der Waals surface area contributed by atoms with Crippen molar-refractivity contribution in [2.24, 2.45) is 0 Å². The van der Waals surface area contributed by atoms with Crippen LogP contribution >= 0.6 is 7.82 Å². The zero-order valence-electron chi connectivity index (χ0n) is 12.6. The van der Waals surface area contributed by atoms with Crippen molar-refractivity contribution < 1.29 is 53.5 Å². The molecule has 0 saturated heterocycles. The number of hydrogen-bond donors (Lipinski definition) is 6. The van der Waals surface area contributed by atoms with E-state index in [1.807, 2.05) is 0 Å². The molecule has 0 spiro atoms. The van der Waals surface area contributed by atoms with Crippen LogP contribution in [0.2, 0.25) is 0 Å². The van der Waals surface area contributed by atoms with Gasteiger partial charge >= 0.3 is 7.82 Å². The molecular formula is C11H23O11P. The van der Waals surface area contributed by atoms with Crippen LogP contribution in [0.15, 0.2) is 0 Å². The first-order valence-corrected chi connectivity index (χ1v) is 8.22. The molecule has 0 radical (unpaired) electrons. The van der Waals surface area contributed by atoms with Gasteiger partial charge in [0.25, 0.3) is 0 Å². The van der Waals surface area contributed by atoms with Gasteiger partial charge in [-0.25, -0.2) is 4.57 Å². The largest absolute Gasteiger partial charge is 0.472 e. The van der Waals surface area contributed by atoms with E-state index in [1.54, 1.807) is 0 Å². The molecule has 6 N–H and O–H groups in total. The Bertz CT molecular complexity index is 391. The van der Waals surface area contributed by atoms with Crippen LogP contribution in [0.5, 0.6) is 0 Å². The summed E-state index contributed by atoms with van der Waals surface area (Å²) >= 11 is 0. The summed E-state index contributed by atoms with van der Waals surface area (Å²) in [4.78, 5) is 9.62. The molecule has 0 bridgehead atoms. The fraction of sp³-hybridized carbons (Fsp3) is 1.00. The summed E-state index contributed by atoms with van der Waals surface area (Å²) in [5, 5.41) is 47.9. The van der Waals surface area contributed by atoms with Gasteiger partial charge in [0, 0.05) is 14.2 Å². The van der Waals surface area contributed by atoms with Crippen molar-refractivity contribution in [2.75, 3.05) is 27.4 Å². The second-order valence-electron chi connectivity index (χ2n) is 5.10. The molecule has 0 aromatic rings. The number of methoxy groups -OCH3 is 2. The van der Waals surface area contributed by atoms with Gasteiger partial charge in [0.05, 0.1) is 13.2 Å². The first kappa shape index (κ1) is 20.9. The molecule has 0 heterocycles. The Hall–Kier alpha value is -0.170. The minimum Gasteiger partial charge on any atom is -0.387 e. The molecule has 0 aromatic carbocycles. The van der Waals surface area contributed by atoms with E-state index in [-0.39, 0.29) is 13.2 Å². The number of phosphoric ester groups is 1. The molecule has 138 valence electrons. The molecule has 0 amide bonds. The van der Waals surface area contributed by atoms with Gasteiger partial charge in [-0.15, -0.1) is 0 Å². The minimum absolute atomic E-state index is 0.0782. The van der Waals surface area contributed by atoms with Crippen LogP contribution in [0.1, 0.15) is 0 Å². The van der Waals surface area contributed by atoms with Crippen molar-refractivity contribution in [1.29, 1.82) is 0 Å². The number of aliphatic hydroxyl groups is 5. The highest BCUT2D eigenvalue weighted by Crippen LogP contribution is 2.47. The number of ether oxygens (including phenoxy) is 2. The number of aliphatic hydroxyl groups excluding tert-OH is 5. The lowest BCUT2D eigenvalue weighted by Crippen LogP contribution is -2.64. The Kier molecular flexibility index (Phi) is 7.98. The van der Waals surface area contributed by atoms with E-state index in [4.69, 9.17) is 9.47 Å². The molecule has 8 atom stereocenters. The van der Waals surface area contributed by atoms with Gasteiger partial charge in [-0.3, -0.25) is 9.05 Å². The topological polar surface area (TPSA) is 175 Å². The van der Waals surface area contributed by atoms with Crippen molar-refractivity contribution in [3.05, 3.63) is 0 Å². The normalized spacial score (nSPS) is 39.0. The van der Waals surface area contributed by atoms with E-state index in [1.165, 1.54) is 14.2 Å². The monoisotopic (exact) mass is 362 g/mol. The molecule has 1 aliphatic carbocycles. The highest BCUT2D eigenvalue weighted by molar-refractivity contribution is 7.47. The van der Waals surface area contributed by atoms with Crippen molar-refractivity contribution >= 4 is 7.82 Å². The molecule has 0 aromatic heterocycles. The Morgan fingerprint density at radius 3 is 1.83 bits per heavy atom. The third-order valence-electron chi connectivity index (χ3n) is 3.44. The van der Waals surface area contributed by atoms with Crippen molar-refractivity contribution in [3.63, 3.8) is 0 Å². The summed E-state index contributed by atoms with van der Waals surface area (Å²) < 4.78 is 30.9. The predicted molar refractivity (Wildman–Crippen MR) is 73.4 cm³/mol. The summed E-state index contributed by atoms with van der Waals surface area (Å²) in [6.07, 6.45) is -11.9. The standard InChI is InChI=1S/C11H23O11P/c1-19-3-5(20-2)4-21-23(17,18)22-11-9(15)7(13)6(12)8(14)10(11)16/h5-16H,3-4H2,1-2H3,(H,17,18)/t5-,6?,7-,8+,9-,10-,11?/m1/s1. The van der Waals surface area contributed by atoms with E-state index in [0.717, 1.165) is 0 Å². The summed E-state index contributed by atoms with van der Waals surface area (Å²) in [6, 6.07) is 0. The van der Waals surface area contributed by atoms with Gasteiger partial charge in [-0.2, -0.15) is 0 Å². The van der Waals surface area contributed by atoms with Crippen LogP contribution in [0.4, 0.5) is 0 Å². The van der Waals surface area contributed by atoms with Gasteiger partial charge < -0.3 is 39.9 Å². The third kappa shape index (κ3) is 5.41.